The van der Waals surface area contributed by atoms with Gasteiger partial charge in [0.25, 0.3) is 0 Å². The fourth-order valence-electron chi connectivity index (χ4n) is 2.94. The molecule has 1 aromatic heterocycles. The van der Waals surface area contributed by atoms with Crippen LogP contribution in [0.25, 0.3) is 11.0 Å². The predicted molar refractivity (Wildman–Crippen MR) is 109 cm³/mol. The molecule has 0 unspecified atom stereocenters. The molecule has 0 amide bonds. The van der Waals surface area contributed by atoms with Crippen LogP contribution in [0.15, 0.2) is 57.7 Å². The van der Waals surface area contributed by atoms with Crippen LogP contribution in [0.3, 0.4) is 0 Å². The zero-order valence-corrected chi connectivity index (χ0v) is 16.3. The topological polar surface area (TPSA) is 51.9 Å². The second-order valence-electron chi connectivity index (χ2n) is 6.08. The van der Waals surface area contributed by atoms with Gasteiger partial charge in [0.1, 0.15) is 12.4 Å². The second-order valence-corrected chi connectivity index (χ2v) is 7.16. The first-order valence-electron chi connectivity index (χ1n) is 8.48. The van der Waals surface area contributed by atoms with E-state index in [1.54, 1.807) is 12.1 Å². The van der Waals surface area contributed by atoms with E-state index in [0.717, 1.165) is 22.2 Å². The number of hydrogen-bond acceptors (Lipinski definition) is 5. The molecule has 0 spiro atoms. The summed E-state index contributed by atoms with van der Waals surface area (Å²) >= 11 is 2.18. The lowest BCUT2D eigenvalue weighted by molar-refractivity contribution is 0.121. The Hall–Kier alpha value is -2.06. The maximum atomic E-state index is 12.5. The Morgan fingerprint density at radius 1 is 1.08 bits per heavy atom. The molecule has 0 aliphatic carbocycles. The highest BCUT2D eigenvalue weighted by atomic mass is 127. The van der Waals surface area contributed by atoms with Gasteiger partial charge in [0, 0.05) is 19.2 Å². The predicted octanol–water partition coefficient (Wildman–Crippen LogP) is 3.81. The second kappa shape index (κ2) is 7.67. The van der Waals surface area contributed by atoms with E-state index in [-0.39, 0.29) is 5.43 Å². The molecule has 0 N–H and O–H groups in total. The molecule has 5 nitrogen and oxygen atoms in total. The molecule has 134 valence electrons. The Bertz CT molecular complexity index is 965. The summed E-state index contributed by atoms with van der Waals surface area (Å²) in [6.45, 7) is 3.18. The number of anilines is 1. The van der Waals surface area contributed by atoms with Crippen LogP contribution < -0.4 is 15.1 Å². The van der Waals surface area contributed by atoms with Gasteiger partial charge in [-0.15, -0.1) is 0 Å². The lowest BCUT2D eigenvalue weighted by Gasteiger charge is -2.27. The van der Waals surface area contributed by atoms with Gasteiger partial charge >= 0.3 is 0 Å². The van der Waals surface area contributed by atoms with E-state index in [4.69, 9.17) is 13.9 Å². The standard InChI is InChI=1S/C20H18INO4/c21-19-17(25-13-14-4-2-1-3-5-14)7-6-15-16(23)12-18(26-20(15)19)22-8-10-24-11-9-22/h1-7,12H,8-11,13H2. The number of halogens is 1. The molecule has 2 heterocycles. The maximum Gasteiger partial charge on any atom is 0.200 e. The number of morpholine rings is 1. The summed E-state index contributed by atoms with van der Waals surface area (Å²) in [5, 5.41) is 0.568. The van der Waals surface area contributed by atoms with Gasteiger partial charge in [-0.25, -0.2) is 0 Å². The molecule has 1 aliphatic heterocycles. The fourth-order valence-corrected chi connectivity index (χ4v) is 3.68. The first-order chi connectivity index (χ1) is 12.7. The third kappa shape index (κ3) is 3.57. The van der Waals surface area contributed by atoms with Crippen LogP contribution in [0.4, 0.5) is 5.88 Å². The van der Waals surface area contributed by atoms with Gasteiger partial charge in [-0.2, -0.15) is 0 Å². The first kappa shape index (κ1) is 17.4. The average Bonchev–Trinajstić information content (AvgIpc) is 2.69. The molecule has 1 aliphatic rings. The molecular formula is C20H18INO4. The molecule has 0 saturated carbocycles. The van der Waals surface area contributed by atoms with Crippen LogP contribution in [0, 0.1) is 3.57 Å². The fraction of sp³-hybridized carbons (Fsp3) is 0.250. The molecule has 1 fully saturated rings. The van der Waals surface area contributed by atoms with Crippen molar-refractivity contribution in [1.82, 2.24) is 0 Å². The maximum absolute atomic E-state index is 12.5. The van der Waals surface area contributed by atoms with E-state index in [0.29, 0.717) is 42.4 Å². The van der Waals surface area contributed by atoms with E-state index in [1.807, 2.05) is 41.3 Å². The molecule has 0 bridgehead atoms. The van der Waals surface area contributed by atoms with Gasteiger partial charge in [0.15, 0.2) is 16.9 Å². The summed E-state index contributed by atoms with van der Waals surface area (Å²) < 4.78 is 18.2. The zero-order valence-electron chi connectivity index (χ0n) is 14.1. The summed E-state index contributed by atoms with van der Waals surface area (Å²) in [7, 11) is 0. The van der Waals surface area contributed by atoms with Crippen molar-refractivity contribution in [2.24, 2.45) is 0 Å². The van der Waals surface area contributed by atoms with Crippen molar-refractivity contribution in [3.05, 3.63) is 67.9 Å². The van der Waals surface area contributed by atoms with Crippen LogP contribution in [-0.2, 0) is 11.3 Å². The number of hydrogen-bond donors (Lipinski definition) is 0. The minimum absolute atomic E-state index is 0.0414. The molecule has 2 aromatic carbocycles. The van der Waals surface area contributed by atoms with Crippen LogP contribution in [0.1, 0.15) is 5.56 Å². The van der Waals surface area contributed by atoms with Gasteiger partial charge in [-0.1, -0.05) is 30.3 Å². The van der Waals surface area contributed by atoms with E-state index in [2.05, 4.69) is 22.6 Å². The highest BCUT2D eigenvalue weighted by Crippen LogP contribution is 2.31. The van der Waals surface area contributed by atoms with E-state index in [1.165, 1.54) is 0 Å². The van der Waals surface area contributed by atoms with Crippen molar-refractivity contribution in [3.8, 4) is 5.75 Å². The summed E-state index contributed by atoms with van der Waals surface area (Å²) in [5.74, 6) is 1.30. The van der Waals surface area contributed by atoms with Gasteiger partial charge in [-0.05, 0) is 40.3 Å². The highest BCUT2D eigenvalue weighted by Gasteiger charge is 2.18. The van der Waals surface area contributed by atoms with Crippen molar-refractivity contribution < 1.29 is 13.9 Å². The van der Waals surface area contributed by atoms with Crippen molar-refractivity contribution in [2.45, 2.75) is 6.61 Å². The molecule has 6 heteroatoms. The highest BCUT2D eigenvalue weighted by molar-refractivity contribution is 14.1. The minimum Gasteiger partial charge on any atom is -0.488 e. The molecule has 4 rings (SSSR count). The summed E-state index contributed by atoms with van der Waals surface area (Å²) in [4.78, 5) is 14.6. The summed E-state index contributed by atoms with van der Waals surface area (Å²) in [6, 6.07) is 15.1. The molecule has 26 heavy (non-hydrogen) atoms. The van der Waals surface area contributed by atoms with Crippen molar-refractivity contribution in [3.63, 3.8) is 0 Å². The van der Waals surface area contributed by atoms with Gasteiger partial charge < -0.3 is 18.8 Å². The van der Waals surface area contributed by atoms with Crippen molar-refractivity contribution in [1.29, 1.82) is 0 Å². The minimum atomic E-state index is -0.0414. The number of fused-ring (bicyclic) bond motifs is 1. The number of nitrogens with zero attached hydrogens (tertiary/aromatic N) is 1. The Balaban J connectivity index is 1.67. The van der Waals surface area contributed by atoms with E-state index >= 15 is 0 Å². The molecule has 0 atom stereocenters. The van der Waals surface area contributed by atoms with Gasteiger partial charge in [0.05, 0.1) is 22.2 Å². The Morgan fingerprint density at radius 3 is 2.62 bits per heavy atom. The zero-order chi connectivity index (χ0) is 17.9. The van der Waals surface area contributed by atoms with Crippen LogP contribution in [-0.4, -0.2) is 26.3 Å². The normalized spacial score (nSPS) is 14.6. The van der Waals surface area contributed by atoms with Crippen LogP contribution in [0.2, 0.25) is 0 Å². The monoisotopic (exact) mass is 463 g/mol. The molecular weight excluding hydrogens is 445 g/mol. The molecule has 1 saturated heterocycles. The SMILES string of the molecule is O=c1cc(N2CCOCC2)oc2c(I)c(OCc3ccccc3)ccc12. The summed E-state index contributed by atoms with van der Waals surface area (Å²) in [5.41, 5.74) is 1.62. The van der Waals surface area contributed by atoms with Crippen LogP contribution in [0.5, 0.6) is 5.75 Å². The quantitative estimate of drug-likeness (QED) is 0.551. The van der Waals surface area contributed by atoms with E-state index < -0.39 is 0 Å². The van der Waals surface area contributed by atoms with Crippen LogP contribution >= 0.6 is 22.6 Å². The number of ether oxygens (including phenoxy) is 2. The van der Waals surface area contributed by atoms with E-state index in [9.17, 15) is 4.79 Å². The third-order valence-corrected chi connectivity index (χ3v) is 5.37. The Kier molecular flexibility index (Phi) is 5.12. The Labute approximate surface area is 164 Å². The molecule has 3 aromatic rings. The first-order valence-corrected chi connectivity index (χ1v) is 9.56. The largest absolute Gasteiger partial charge is 0.488 e. The lowest BCUT2D eigenvalue weighted by atomic mass is 10.2. The van der Waals surface area contributed by atoms with Crippen molar-refractivity contribution in [2.75, 3.05) is 31.2 Å². The van der Waals surface area contributed by atoms with Crippen molar-refractivity contribution >= 4 is 39.4 Å². The molecule has 0 radical (unpaired) electrons. The smallest absolute Gasteiger partial charge is 0.200 e. The number of rotatable bonds is 4. The lowest BCUT2D eigenvalue weighted by Crippen LogP contribution is -2.36. The van der Waals surface area contributed by atoms with Gasteiger partial charge in [-0.3, -0.25) is 4.79 Å². The Morgan fingerprint density at radius 2 is 1.85 bits per heavy atom. The number of benzene rings is 2. The summed E-state index contributed by atoms with van der Waals surface area (Å²) in [6.07, 6.45) is 0. The van der Waals surface area contributed by atoms with Gasteiger partial charge in [0.2, 0.25) is 0 Å². The third-order valence-electron chi connectivity index (χ3n) is 4.35. The average molecular weight is 463 g/mol.